The second-order valence-electron chi connectivity index (χ2n) is 3.09. The van der Waals surface area contributed by atoms with Gasteiger partial charge in [-0.25, -0.2) is 13.8 Å². The summed E-state index contributed by atoms with van der Waals surface area (Å²) in [5.41, 5.74) is 0.191. The monoisotopic (exact) mass is 284 g/mol. The van der Waals surface area contributed by atoms with Crippen LogP contribution in [0.1, 0.15) is 0 Å². The fourth-order valence-electron chi connectivity index (χ4n) is 1.20. The molecule has 0 unspecified atom stereocenters. The summed E-state index contributed by atoms with van der Waals surface area (Å²) in [6.45, 7) is 0. The summed E-state index contributed by atoms with van der Waals surface area (Å²) in [6, 6.07) is 7.28. The van der Waals surface area contributed by atoms with Crippen LogP contribution in [0.5, 0.6) is 0 Å². The molecule has 5 heteroatoms. The average Bonchev–Trinajstić information content (AvgIpc) is 2.25. The van der Waals surface area contributed by atoms with Gasteiger partial charge < -0.3 is 5.32 Å². The van der Waals surface area contributed by atoms with Crippen molar-refractivity contribution < 1.29 is 8.78 Å². The molecule has 0 aliphatic carbocycles. The van der Waals surface area contributed by atoms with E-state index in [1.165, 1.54) is 24.4 Å². The van der Waals surface area contributed by atoms with E-state index in [4.69, 9.17) is 0 Å². The normalized spacial score (nSPS) is 10.2. The topological polar surface area (TPSA) is 24.9 Å². The Hall–Kier alpha value is -1.49. The second-order valence-corrected chi connectivity index (χ2v) is 4.00. The summed E-state index contributed by atoms with van der Waals surface area (Å²) in [7, 11) is 0. The summed E-state index contributed by atoms with van der Waals surface area (Å²) in [4.78, 5) is 3.81. The molecule has 1 aromatic carbocycles. The molecule has 82 valence electrons. The molecular formula is C11H7BrF2N2. The Balaban J connectivity index is 2.31. The van der Waals surface area contributed by atoms with E-state index in [1.807, 2.05) is 0 Å². The van der Waals surface area contributed by atoms with Crippen molar-refractivity contribution in [2.45, 2.75) is 0 Å². The summed E-state index contributed by atoms with van der Waals surface area (Å²) < 4.78 is 27.2. The van der Waals surface area contributed by atoms with Crippen LogP contribution in [0.4, 0.5) is 20.3 Å². The first-order valence-corrected chi connectivity index (χ1v) is 5.29. The summed E-state index contributed by atoms with van der Waals surface area (Å²) >= 11 is 3.09. The summed E-state index contributed by atoms with van der Waals surface area (Å²) in [6.07, 6.45) is 1.44. The number of nitrogens with zero attached hydrogens (tertiary/aromatic N) is 1. The third-order valence-corrected chi connectivity index (χ3v) is 2.37. The summed E-state index contributed by atoms with van der Waals surface area (Å²) in [5.74, 6) is -1.00. The van der Waals surface area contributed by atoms with Gasteiger partial charge in [0.25, 0.3) is 0 Å². The minimum absolute atomic E-state index is 0.00620. The number of aromatic nitrogens is 1. The van der Waals surface area contributed by atoms with Gasteiger partial charge in [0.1, 0.15) is 5.82 Å². The summed E-state index contributed by atoms with van der Waals surface area (Å²) in [5, 5.41) is 2.59. The van der Waals surface area contributed by atoms with Gasteiger partial charge in [0, 0.05) is 10.7 Å². The van der Waals surface area contributed by atoms with Crippen molar-refractivity contribution in [2.24, 2.45) is 0 Å². The number of nitrogens with one attached hydrogen (secondary N) is 1. The van der Waals surface area contributed by atoms with Crippen LogP contribution in [-0.2, 0) is 0 Å². The molecule has 0 fully saturated rings. The van der Waals surface area contributed by atoms with E-state index in [0.29, 0.717) is 4.47 Å². The number of halogens is 3. The first-order valence-electron chi connectivity index (χ1n) is 4.49. The van der Waals surface area contributed by atoms with Crippen LogP contribution in [0, 0.1) is 11.6 Å². The van der Waals surface area contributed by atoms with Crippen LogP contribution >= 0.6 is 15.9 Å². The molecular weight excluding hydrogens is 278 g/mol. The van der Waals surface area contributed by atoms with Crippen molar-refractivity contribution in [2.75, 3.05) is 5.32 Å². The molecule has 16 heavy (non-hydrogen) atoms. The molecule has 0 amide bonds. The Morgan fingerprint density at radius 2 is 1.88 bits per heavy atom. The Morgan fingerprint density at radius 1 is 1.12 bits per heavy atom. The highest BCUT2D eigenvalue weighted by Gasteiger charge is 2.07. The van der Waals surface area contributed by atoms with E-state index in [-0.39, 0.29) is 11.5 Å². The van der Waals surface area contributed by atoms with Gasteiger partial charge in [0.05, 0.1) is 5.69 Å². The van der Waals surface area contributed by atoms with E-state index in [0.717, 1.165) is 0 Å². The minimum atomic E-state index is -0.544. The Kier molecular flexibility index (Phi) is 3.14. The smallest absolute Gasteiger partial charge is 0.166 e. The van der Waals surface area contributed by atoms with E-state index < -0.39 is 11.6 Å². The maximum absolute atomic E-state index is 13.4. The van der Waals surface area contributed by atoms with Gasteiger partial charge in [-0.3, -0.25) is 0 Å². The Labute approximate surface area is 99.5 Å². The van der Waals surface area contributed by atoms with Gasteiger partial charge in [0.2, 0.25) is 0 Å². The van der Waals surface area contributed by atoms with Crippen molar-refractivity contribution in [3.05, 3.63) is 52.6 Å². The number of para-hydroxylation sites is 1. The van der Waals surface area contributed by atoms with Crippen molar-refractivity contribution >= 4 is 27.4 Å². The standard InChI is InChI=1S/C11H7BrF2N2/c12-7-5-9(14)11(15-6-7)16-10-4-2-1-3-8(10)13/h1-6H,(H,15,16). The van der Waals surface area contributed by atoms with E-state index >= 15 is 0 Å². The first kappa shape index (κ1) is 11.0. The van der Waals surface area contributed by atoms with Crippen LogP contribution in [0.25, 0.3) is 0 Å². The quantitative estimate of drug-likeness (QED) is 0.906. The van der Waals surface area contributed by atoms with Gasteiger partial charge in [0.15, 0.2) is 11.6 Å². The molecule has 0 spiro atoms. The molecule has 2 rings (SSSR count). The lowest BCUT2D eigenvalue weighted by Gasteiger charge is -2.07. The van der Waals surface area contributed by atoms with Crippen LogP contribution < -0.4 is 5.32 Å². The number of pyridine rings is 1. The van der Waals surface area contributed by atoms with Gasteiger partial charge >= 0.3 is 0 Å². The van der Waals surface area contributed by atoms with Gasteiger partial charge in [-0.2, -0.15) is 0 Å². The van der Waals surface area contributed by atoms with E-state index in [2.05, 4.69) is 26.2 Å². The highest BCUT2D eigenvalue weighted by Crippen LogP contribution is 2.22. The van der Waals surface area contributed by atoms with Crippen LogP contribution in [0.3, 0.4) is 0 Å². The molecule has 0 aliphatic rings. The molecule has 0 aliphatic heterocycles. The van der Waals surface area contributed by atoms with Gasteiger partial charge in [-0.1, -0.05) is 12.1 Å². The van der Waals surface area contributed by atoms with E-state index in [9.17, 15) is 8.78 Å². The van der Waals surface area contributed by atoms with Crippen molar-refractivity contribution in [3.63, 3.8) is 0 Å². The van der Waals surface area contributed by atoms with Gasteiger partial charge in [-0.05, 0) is 34.1 Å². The molecule has 1 aromatic heterocycles. The average molecular weight is 285 g/mol. The molecule has 1 N–H and O–H groups in total. The number of anilines is 2. The molecule has 0 bridgehead atoms. The lowest BCUT2D eigenvalue weighted by atomic mass is 10.3. The SMILES string of the molecule is Fc1ccccc1Nc1ncc(Br)cc1F. The zero-order chi connectivity index (χ0) is 11.5. The maximum atomic E-state index is 13.4. The molecule has 0 saturated carbocycles. The lowest BCUT2D eigenvalue weighted by Crippen LogP contribution is -1.98. The molecule has 2 aromatic rings. The van der Waals surface area contributed by atoms with E-state index in [1.54, 1.807) is 12.1 Å². The number of benzene rings is 1. The van der Waals surface area contributed by atoms with Crippen molar-refractivity contribution in [1.82, 2.24) is 4.98 Å². The zero-order valence-corrected chi connectivity index (χ0v) is 9.63. The lowest BCUT2D eigenvalue weighted by molar-refractivity contribution is 0.621. The van der Waals surface area contributed by atoms with Crippen LogP contribution in [-0.4, -0.2) is 4.98 Å². The second kappa shape index (κ2) is 4.57. The zero-order valence-electron chi connectivity index (χ0n) is 8.05. The number of hydrogen-bond donors (Lipinski definition) is 1. The molecule has 0 saturated heterocycles. The van der Waals surface area contributed by atoms with Crippen LogP contribution in [0.2, 0.25) is 0 Å². The highest BCUT2D eigenvalue weighted by molar-refractivity contribution is 9.10. The third kappa shape index (κ3) is 2.36. The molecule has 0 atom stereocenters. The van der Waals surface area contributed by atoms with Gasteiger partial charge in [-0.15, -0.1) is 0 Å². The predicted molar refractivity (Wildman–Crippen MR) is 61.6 cm³/mol. The van der Waals surface area contributed by atoms with Crippen LogP contribution in [0.15, 0.2) is 41.0 Å². The molecule has 0 radical (unpaired) electrons. The first-order chi connectivity index (χ1) is 7.66. The minimum Gasteiger partial charge on any atom is -0.335 e. The molecule has 2 nitrogen and oxygen atoms in total. The third-order valence-electron chi connectivity index (χ3n) is 1.93. The Bertz CT molecular complexity index is 517. The fraction of sp³-hybridized carbons (Fsp3) is 0. The van der Waals surface area contributed by atoms with Crippen molar-refractivity contribution in [1.29, 1.82) is 0 Å². The fourth-order valence-corrected chi connectivity index (χ4v) is 1.50. The maximum Gasteiger partial charge on any atom is 0.166 e. The van der Waals surface area contributed by atoms with Crippen molar-refractivity contribution in [3.8, 4) is 0 Å². The predicted octanol–water partition coefficient (Wildman–Crippen LogP) is 3.87. The Morgan fingerprint density at radius 3 is 2.56 bits per heavy atom. The number of rotatable bonds is 2. The number of hydrogen-bond acceptors (Lipinski definition) is 2. The molecule has 1 heterocycles. The largest absolute Gasteiger partial charge is 0.335 e. The highest BCUT2D eigenvalue weighted by atomic mass is 79.9.